The Labute approximate surface area is 113 Å². The molecule has 0 saturated heterocycles. The summed E-state index contributed by atoms with van der Waals surface area (Å²) in [6.45, 7) is 0.288. The summed E-state index contributed by atoms with van der Waals surface area (Å²) in [7, 11) is 1.59. The van der Waals surface area contributed by atoms with Gasteiger partial charge >= 0.3 is 5.69 Å². The maximum Gasteiger partial charge on any atom is 0.330 e. The Morgan fingerprint density at radius 1 is 1.20 bits per heavy atom. The van der Waals surface area contributed by atoms with Crippen LogP contribution in [0.25, 0.3) is 0 Å². The summed E-state index contributed by atoms with van der Waals surface area (Å²) >= 11 is 0. The van der Waals surface area contributed by atoms with E-state index in [0.717, 1.165) is 5.56 Å². The van der Waals surface area contributed by atoms with E-state index in [1.54, 1.807) is 19.2 Å². The molecule has 20 heavy (non-hydrogen) atoms. The van der Waals surface area contributed by atoms with E-state index in [9.17, 15) is 20.2 Å². The minimum absolute atomic E-state index is 0.00225. The maximum absolute atomic E-state index is 10.8. The number of aromatic nitrogens is 2. The van der Waals surface area contributed by atoms with Crippen molar-refractivity contribution in [1.29, 1.82) is 0 Å². The molecule has 0 aliphatic carbocycles. The van der Waals surface area contributed by atoms with Gasteiger partial charge in [0.25, 0.3) is 5.69 Å². The summed E-state index contributed by atoms with van der Waals surface area (Å²) in [5, 5.41) is 28.1. The van der Waals surface area contributed by atoms with Gasteiger partial charge in [0.2, 0.25) is 5.82 Å². The molecule has 0 aliphatic rings. The standard InChI is InChI=1S/C11H11N5O4/c1-14-7-10(16(19)20)11(13-14)12-6-8-2-4-9(5-3-8)15(17)18/h2-5,7H,6H2,1H3,(H,12,13). The summed E-state index contributed by atoms with van der Waals surface area (Å²) in [6, 6.07) is 5.92. The zero-order valence-corrected chi connectivity index (χ0v) is 10.5. The molecule has 1 heterocycles. The van der Waals surface area contributed by atoms with Crippen molar-refractivity contribution < 1.29 is 9.85 Å². The first-order valence-electron chi connectivity index (χ1n) is 5.62. The number of nitro benzene ring substituents is 1. The third-order valence-electron chi connectivity index (χ3n) is 2.61. The summed E-state index contributed by atoms with van der Waals surface area (Å²) in [5.41, 5.74) is 0.641. The third-order valence-corrected chi connectivity index (χ3v) is 2.61. The average molecular weight is 277 g/mol. The quantitative estimate of drug-likeness (QED) is 0.658. The molecule has 0 aliphatic heterocycles. The van der Waals surface area contributed by atoms with Gasteiger partial charge in [0.05, 0.1) is 9.85 Å². The second kappa shape index (κ2) is 5.34. The first-order valence-corrected chi connectivity index (χ1v) is 5.62. The fourth-order valence-corrected chi connectivity index (χ4v) is 1.66. The largest absolute Gasteiger partial charge is 0.359 e. The fraction of sp³-hybridized carbons (Fsp3) is 0.182. The number of anilines is 1. The van der Waals surface area contributed by atoms with Gasteiger partial charge in [-0.15, -0.1) is 5.10 Å². The van der Waals surface area contributed by atoms with Gasteiger partial charge in [-0.1, -0.05) is 12.1 Å². The van der Waals surface area contributed by atoms with E-state index in [-0.39, 0.29) is 23.7 Å². The molecule has 9 nitrogen and oxygen atoms in total. The summed E-state index contributed by atoms with van der Waals surface area (Å²) in [4.78, 5) is 20.3. The lowest BCUT2D eigenvalue weighted by molar-refractivity contribution is -0.384. The van der Waals surface area contributed by atoms with Crippen LogP contribution in [0.15, 0.2) is 30.5 Å². The van der Waals surface area contributed by atoms with Crippen LogP contribution < -0.4 is 5.32 Å². The predicted molar refractivity (Wildman–Crippen MR) is 70.3 cm³/mol. The van der Waals surface area contributed by atoms with Crippen LogP contribution in [0.4, 0.5) is 17.2 Å². The van der Waals surface area contributed by atoms with Crippen LogP contribution in [-0.2, 0) is 13.6 Å². The van der Waals surface area contributed by atoms with Crippen molar-refractivity contribution in [1.82, 2.24) is 9.78 Å². The van der Waals surface area contributed by atoms with Crippen molar-refractivity contribution in [2.45, 2.75) is 6.54 Å². The highest BCUT2D eigenvalue weighted by molar-refractivity contribution is 5.54. The van der Waals surface area contributed by atoms with Gasteiger partial charge in [-0.3, -0.25) is 24.9 Å². The van der Waals surface area contributed by atoms with E-state index in [1.807, 2.05) is 0 Å². The molecular formula is C11H11N5O4. The van der Waals surface area contributed by atoms with Crippen LogP contribution in [0.3, 0.4) is 0 Å². The van der Waals surface area contributed by atoms with Gasteiger partial charge in [0, 0.05) is 25.7 Å². The van der Waals surface area contributed by atoms with Crippen molar-refractivity contribution in [3.05, 3.63) is 56.3 Å². The van der Waals surface area contributed by atoms with Crippen molar-refractivity contribution in [2.75, 3.05) is 5.32 Å². The van der Waals surface area contributed by atoms with Crippen LogP contribution in [0, 0.1) is 20.2 Å². The van der Waals surface area contributed by atoms with Crippen LogP contribution in [0.1, 0.15) is 5.56 Å². The smallest absolute Gasteiger partial charge is 0.330 e. The Hall–Kier alpha value is -2.97. The lowest BCUT2D eigenvalue weighted by Gasteiger charge is -2.02. The van der Waals surface area contributed by atoms with E-state index >= 15 is 0 Å². The first-order chi connectivity index (χ1) is 9.47. The molecule has 1 N–H and O–H groups in total. The molecule has 0 radical (unpaired) electrons. The van der Waals surface area contributed by atoms with E-state index in [0.29, 0.717) is 0 Å². The molecule has 1 aromatic carbocycles. The molecule has 0 bridgehead atoms. The second-order valence-corrected chi connectivity index (χ2v) is 4.07. The van der Waals surface area contributed by atoms with Crippen LogP contribution in [-0.4, -0.2) is 19.6 Å². The summed E-state index contributed by atoms with van der Waals surface area (Å²) < 4.78 is 1.34. The number of nitrogens with zero attached hydrogens (tertiary/aromatic N) is 4. The van der Waals surface area contributed by atoms with Gasteiger partial charge in [0.1, 0.15) is 6.20 Å². The monoisotopic (exact) mass is 277 g/mol. The summed E-state index contributed by atoms with van der Waals surface area (Å²) in [6.07, 6.45) is 1.30. The minimum atomic E-state index is -0.523. The number of non-ortho nitro benzene ring substituents is 1. The molecule has 0 unspecified atom stereocenters. The highest BCUT2D eigenvalue weighted by atomic mass is 16.6. The van der Waals surface area contributed by atoms with Crippen LogP contribution in [0.5, 0.6) is 0 Å². The molecule has 0 amide bonds. The number of hydrogen-bond acceptors (Lipinski definition) is 6. The molecule has 0 spiro atoms. The molecule has 104 valence electrons. The minimum Gasteiger partial charge on any atom is -0.359 e. The average Bonchev–Trinajstić information content (AvgIpc) is 2.78. The number of rotatable bonds is 5. The first kappa shape index (κ1) is 13.5. The summed E-state index contributed by atoms with van der Waals surface area (Å²) in [5.74, 6) is 0.163. The number of nitro groups is 2. The van der Waals surface area contributed by atoms with E-state index in [2.05, 4.69) is 10.4 Å². The zero-order chi connectivity index (χ0) is 14.7. The van der Waals surface area contributed by atoms with E-state index in [1.165, 1.54) is 23.0 Å². The second-order valence-electron chi connectivity index (χ2n) is 4.07. The normalized spacial score (nSPS) is 10.2. The maximum atomic E-state index is 10.8. The molecule has 0 atom stereocenters. The van der Waals surface area contributed by atoms with Crippen molar-refractivity contribution >= 4 is 17.2 Å². The van der Waals surface area contributed by atoms with Gasteiger partial charge in [-0.25, -0.2) is 0 Å². The number of nitrogens with one attached hydrogen (secondary N) is 1. The molecule has 2 rings (SSSR count). The van der Waals surface area contributed by atoms with Gasteiger partial charge in [-0.05, 0) is 5.56 Å². The Bertz CT molecular complexity index is 649. The Morgan fingerprint density at radius 2 is 1.85 bits per heavy atom. The highest BCUT2D eigenvalue weighted by Crippen LogP contribution is 2.22. The molecule has 1 aromatic heterocycles. The SMILES string of the molecule is Cn1cc([N+](=O)[O-])c(NCc2ccc([N+](=O)[O-])cc2)n1. The van der Waals surface area contributed by atoms with Gasteiger partial charge < -0.3 is 5.32 Å². The fourth-order valence-electron chi connectivity index (χ4n) is 1.66. The van der Waals surface area contributed by atoms with Crippen LogP contribution >= 0.6 is 0 Å². The molecule has 0 saturated carbocycles. The zero-order valence-electron chi connectivity index (χ0n) is 10.5. The lowest BCUT2D eigenvalue weighted by atomic mass is 10.2. The Balaban J connectivity index is 2.09. The van der Waals surface area contributed by atoms with E-state index < -0.39 is 9.85 Å². The molecule has 2 aromatic rings. The Morgan fingerprint density at radius 3 is 2.40 bits per heavy atom. The highest BCUT2D eigenvalue weighted by Gasteiger charge is 2.17. The van der Waals surface area contributed by atoms with Crippen molar-refractivity contribution in [2.24, 2.45) is 7.05 Å². The molecule has 9 heteroatoms. The number of hydrogen-bond donors (Lipinski definition) is 1. The number of aryl methyl sites for hydroxylation is 1. The molecular weight excluding hydrogens is 266 g/mol. The van der Waals surface area contributed by atoms with E-state index in [4.69, 9.17) is 0 Å². The predicted octanol–water partition coefficient (Wildman–Crippen LogP) is 1.85. The van der Waals surface area contributed by atoms with Gasteiger partial charge in [0.15, 0.2) is 0 Å². The van der Waals surface area contributed by atoms with Gasteiger partial charge in [-0.2, -0.15) is 0 Å². The van der Waals surface area contributed by atoms with Crippen molar-refractivity contribution in [3.63, 3.8) is 0 Å². The third kappa shape index (κ3) is 2.88. The molecule has 0 fully saturated rings. The lowest BCUT2D eigenvalue weighted by Crippen LogP contribution is -2.02. The number of benzene rings is 1. The van der Waals surface area contributed by atoms with Crippen molar-refractivity contribution in [3.8, 4) is 0 Å². The topological polar surface area (TPSA) is 116 Å². The Kier molecular flexibility index (Phi) is 3.60. The van der Waals surface area contributed by atoms with Crippen LogP contribution in [0.2, 0.25) is 0 Å².